The second-order valence-electron chi connectivity index (χ2n) is 7.82. The minimum atomic E-state index is 0.192. The number of aromatic amines is 1. The molecule has 1 aromatic carbocycles. The Hall–Kier alpha value is -1.61. The highest BCUT2D eigenvalue weighted by Gasteiger charge is 2.16. The van der Waals surface area contributed by atoms with Crippen molar-refractivity contribution >= 4 is 0 Å². The van der Waals surface area contributed by atoms with Crippen LogP contribution in [0.15, 0.2) is 24.3 Å². The summed E-state index contributed by atoms with van der Waals surface area (Å²) in [5.41, 5.74) is 5.12. The Balaban J connectivity index is 1.77. The molecule has 1 aromatic heterocycles. The molecule has 3 rings (SSSR count). The SMILES string of the molecule is Cc1[nH]c(-c2ccc(C(C)(C)C)cc2)nc1CN1CCCCC1. The Morgan fingerprint density at radius 1 is 1.04 bits per heavy atom. The fourth-order valence-corrected chi connectivity index (χ4v) is 3.24. The van der Waals surface area contributed by atoms with Crippen LogP contribution in [0.5, 0.6) is 0 Å². The Labute approximate surface area is 140 Å². The second-order valence-corrected chi connectivity index (χ2v) is 7.82. The zero-order valence-electron chi connectivity index (χ0n) is 14.9. The normalized spacial score (nSPS) is 16.7. The van der Waals surface area contributed by atoms with E-state index in [-0.39, 0.29) is 5.41 Å². The first kappa shape index (κ1) is 16.3. The maximum Gasteiger partial charge on any atom is 0.137 e. The summed E-state index contributed by atoms with van der Waals surface area (Å²) in [5.74, 6) is 0.995. The van der Waals surface area contributed by atoms with Gasteiger partial charge in [0.05, 0.1) is 5.69 Å². The average Bonchev–Trinajstić information content (AvgIpc) is 2.89. The lowest BCUT2D eigenvalue weighted by Gasteiger charge is -2.25. The van der Waals surface area contributed by atoms with Crippen molar-refractivity contribution in [3.63, 3.8) is 0 Å². The fraction of sp³-hybridized carbons (Fsp3) is 0.550. The topological polar surface area (TPSA) is 31.9 Å². The van der Waals surface area contributed by atoms with E-state index in [0.29, 0.717) is 0 Å². The Kier molecular flexibility index (Phi) is 4.58. The largest absolute Gasteiger partial charge is 0.342 e. The van der Waals surface area contributed by atoms with Gasteiger partial charge in [0, 0.05) is 17.8 Å². The van der Waals surface area contributed by atoms with Crippen molar-refractivity contribution < 1.29 is 0 Å². The van der Waals surface area contributed by atoms with Gasteiger partial charge in [-0.2, -0.15) is 0 Å². The third-order valence-electron chi connectivity index (χ3n) is 4.83. The number of aromatic nitrogens is 2. The molecular formula is C20H29N3. The van der Waals surface area contributed by atoms with Gasteiger partial charge >= 0.3 is 0 Å². The number of nitrogens with one attached hydrogen (secondary N) is 1. The van der Waals surface area contributed by atoms with Crippen molar-refractivity contribution in [2.75, 3.05) is 13.1 Å². The van der Waals surface area contributed by atoms with Gasteiger partial charge in [-0.05, 0) is 43.8 Å². The molecule has 23 heavy (non-hydrogen) atoms. The minimum Gasteiger partial charge on any atom is -0.342 e. The number of hydrogen-bond donors (Lipinski definition) is 1. The van der Waals surface area contributed by atoms with E-state index in [0.717, 1.165) is 12.4 Å². The molecule has 0 spiro atoms. The van der Waals surface area contributed by atoms with Crippen molar-refractivity contribution in [2.45, 2.75) is 58.9 Å². The molecule has 3 heteroatoms. The van der Waals surface area contributed by atoms with E-state index in [1.165, 1.54) is 54.9 Å². The van der Waals surface area contributed by atoms with Crippen LogP contribution in [0.1, 0.15) is 57.0 Å². The summed E-state index contributed by atoms with van der Waals surface area (Å²) in [6.07, 6.45) is 4.02. The fourth-order valence-electron chi connectivity index (χ4n) is 3.24. The number of aryl methyl sites for hydroxylation is 1. The molecule has 1 saturated heterocycles. The predicted molar refractivity (Wildman–Crippen MR) is 96.6 cm³/mol. The lowest BCUT2D eigenvalue weighted by molar-refractivity contribution is 0.218. The highest BCUT2D eigenvalue weighted by atomic mass is 15.1. The smallest absolute Gasteiger partial charge is 0.137 e. The minimum absolute atomic E-state index is 0.192. The molecule has 3 nitrogen and oxygen atoms in total. The number of likely N-dealkylation sites (tertiary alicyclic amines) is 1. The van der Waals surface area contributed by atoms with Gasteiger partial charge in [0.15, 0.2) is 0 Å². The summed E-state index contributed by atoms with van der Waals surface area (Å²) >= 11 is 0. The molecule has 0 unspecified atom stereocenters. The Morgan fingerprint density at radius 3 is 2.30 bits per heavy atom. The first-order chi connectivity index (χ1) is 10.9. The van der Waals surface area contributed by atoms with Gasteiger partial charge in [-0.1, -0.05) is 51.5 Å². The van der Waals surface area contributed by atoms with Crippen LogP contribution in [0.25, 0.3) is 11.4 Å². The van der Waals surface area contributed by atoms with Gasteiger partial charge in [-0.15, -0.1) is 0 Å². The number of imidazole rings is 1. The van der Waals surface area contributed by atoms with Crippen molar-refractivity contribution in [2.24, 2.45) is 0 Å². The van der Waals surface area contributed by atoms with E-state index < -0.39 is 0 Å². The van der Waals surface area contributed by atoms with Crippen LogP contribution >= 0.6 is 0 Å². The number of benzene rings is 1. The Morgan fingerprint density at radius 2 is 1.70 bits per heavy atom. The van der Waals surface area contributed by atoms with Crippen LogP contribution < -0.4 is 0 Å². The van der Waals surface area contributed by atoms with E-state index in [2.05, 4.69) is 61.8 Å². The number of nitrogens with zero attached hydrogens (tertiary/aromatic N) is 2. The molecule has 1 aliphatic rings. The number of H-pyrrole nitrogens is 1. The molecule has 0 aliphatic carbocycles. The first-order valence-electron chi connectivity index (χ1n) is 8.82. The van der Waals surface area contributed by atoms with Crippen molar-refractivity contribution in [3.05, 3.63) is 41.2 Å². The van der Waals surface area contributed by atoms with Crippen LogP contribution in [0, 0.1) is 6.92 Å². The van der Waals surface area contributed by atoms with Crippen LogP contribution in [-0.4, -0.2) is 28.0 Å². The maximum atomic E-state index is 4.87. The van der Waals surface area contributed by atoms with Gasteiger partial charge in [-0.25, -0.2) is 4.98 Å². The number of rotatable bonds is 3. The highest BCUT2D eigenvalue weighted by Crippen LogP contribution is 2.26. The molecule has 1 aliphatic heterocycles. The monoisotopic (exact) mass is 311 g/mol. The molecule has 0 radical (unpaired) electrons. The molecular weight excluding hydrogens is 282 g/mol. The molecule has 2 heterocycles. The third kappa shape index (κ3) is 3.84. The standard InChI is InChI=1S/C20H29N3/c1-15-18(14-23-12-6-5-7-13-23)22-19(21-15)16-8-10-17(11-9-16)20(2,3)4/h8-11H,5-7,12-14H2,1-4H3,(H,21,22). The summed E-state index contributed by atoms with van der Waals surface area (Å²) in [6, 6.07) is 8.81. The molecule has 2 aromatic rings. The third-order valence-corrected chi connectivity index (χ3v) is 4.83. The van der Waals surface area contributed by atoms with Crippen LogP contribution in [0.4, 0.5) is 0 Å². The average molecular weight is 311 g/mol. The van der Waals surface area contributed by atoms with Gasteiger partial charge < -0.3 is 4.98 Å². The molecule has 0 atom stereocenters. The zero-order chi connectivity index (χ0) is 16.4. The summed E-state index contributed by atoms with van der Waals surface area (Å²) in [7, 11) is 0. The summed E-state index contributed by atoms with van der Waals surface area (Å²) in [6.45, 7) is 12.3. The molecule has 0 amide bonds. The molecule has 1 fully saturated rings. The molecule has 0 bridgehead atoms. The van der Waals surface area contributed by atoms with Crippen molar-refractivity contribution in [1.29, 1.82) is 0 Å². The van der Waals surface area contributed by atoms with Crippen LogP contribution in [0.2, 0.25) is 0 Å². The first-order valence-corrected chi connectivity index (χ1v) is 8.82. The summed E-state index contributed by atoms with van der Waals surface area (Å²) in [4.78, 5) is 10.9. The van der Waals surface area contributed by atoms with E-state index in [4.69, 9.17) is 4.98 Å². The molecule has 124 valence electrons. The van der Waals surface area contributed by atoms with E-state index in [1.807, 2.05) is 0 Å². The van der Waals surface area contributed by atoms with Crippen LogP contribution in [0.3, 0.4) is 0 Å². The van der Waals surface area contributed by atoms with Crippen LogP contribution in [-0.2, 0) is 12.0 Å². The molecule has 0 saturated carbocycles. The van der Waals surface area contributed by atoms with Gasteiger partial charge in [0.2, 0.25) is 0 Å². The van der Waals surface area contributed by atoms with Gasteiger partial charge in [-0.3, -0.25) is 4.90 Å². The van der Waals surface area contributed by atoms with E-state index >= 15 is 0 Å². The second kappa shape index (κ2) is 6.48. The lowest BCUT2D eigenvalue weighted by atomic mass is 9.87. The highest BCUT2D eigenvalue weighted by molar-refractivity contribution is 5.56. The number of hydrogen-bond acceptors (Lipinski definition) is 2. The molecule has 1 N–H and O–H groups in total. The predicted octanol–water partition coefficient (Wildman–Crippen LogP) is 4.67. The van der Waals surface area contributed by atoms with Crippen molar-refractivity contribution in [3.8, 4) is 11.4 Å². The zero-order valence-corrected chi connectivity index (χ0v) is 14.9. The quantitative estimate of drug-likeness (QED) is 0.893. The Bertz CT molecular complexity index is 641. The maximum absolute atomic E-state index is 4.87. The van der Waals surface area contributed by atoms with E-state index in [9.17, 15) is 0 Å². The van der Waals surface area contributed by atoms with Crippen molar-refractivity contribution in [1.82, 2.24) is 14.9 Å². The summed E-state index contributed by atoms with van der Waals surface area (Å²) < 4.78 is 0. The summed E-state index contributed by atoms with van der Waals surface area (Å²) in [5, 5.41) is 0. The van der Waals surface area contributed by atoms with E-state index in [1.54, 1.807) is 0 Å². The number of piperidine rings is 1. The van der Waals surface area contributed by atoms with Gasteiger partial charge in [0.25, 0.3) is 0 Å². The van der Waals surface area contributed by atoms with Gasteiger partial charge in [0.1, 0.15) is 5.82 Å². The lowest BCUT2D eigenvalue weighted by Crippen LogP contribution is -2.29.